The topological polar surface area (TPSA) is 101 Å². The van der Waals surface area contributed by atoms with Crippen LogP contribution in [0, 0.1) is 0 Å². The molecule has 2 unspecified atom stereocenters. The summed E-state index contributed by atoms with van der Waals surface area (Å²) in [5, 5.41) is 17.4. The van der Waals surface area contributed by atoms with Gasteiger partial charge in [-0.1, -0.05) is 31.2 Å². The number of likely N-dealkylation sites (tertiary alicyclic amines) is 1. The maximum atomic E-state index is 13.3. The molecule has 1 fully saturated rings. The molecule has 1 aliphatic heterocycles. The highest BCUT2D eigenvalue weighted by atomic mass is 79.9. The van der Waals surface area contributed by atoms with Crippen molar-refractivity contribution in [3.8, 4) is 11.1 Å². The first-order valence-corrected chi connectivity index (χ1v) is 14.1. The van der Waals surface area contributed by atoms with Crippen molar-refractivity contribution < 1.29 is 14.7 Å². The minimum Gasteiger partial charge on any atom is -0.480 e. The van der Waals surface area contributed by atoms with E-state index >= 15 is 0 Å². The molecule has 0 radical (unpaired) electrons. The molecule has 1 amide bonds. The van der Waals surface area contributed by atoms with Crippen LogP contribution in [0.15, 0.2) is 64.7 Å². The van der Waals surface area contributed by atoms with E-state index in [1.165, 1.54) is 16.2 Å². The number of fused-ring (bicyclic) bond motifs is 2. The van der Waals surface area contributed by atoms with Crippen molar-refractivity contribution in [3.05, 3.63) is 81.0 Å². The number of carbonyl (C=O) groups is 2. The minimum atomic E-state index is -0.980. The van der Waals surface area contributed by atoms with E-state index in [0.717, 1.165) is 37.9 Å². The van der Waals surface area contributed by atoms with Gasteiger partial charge in [-0.05, 0) is 58.8 Å². The average Bonchev–Trinajstić information content (AvgIpc) is 3.62. The number of carbonyl (C=O) groups excluding carboxylic acids is 1. The Labute approximate surface area is 231 Å². The van der Waals surface area contributed by atoms with E-state index in [1.807, 2.05) is 46.6 Å². The van der Waals surface area contributed by atoms with Gasteiger partial charge in [0.1, 0.15) is 6.04 Å². The molecule has 0 spiro atoms. The van der Waals surface area contributed by atoms with Crippen LogP contribution in [0.2, 0.25) is 0 Å². The van der Waals surface area contributed by atoms with Crippen LogP contribution in [-0.2, 0) is 11.2 Å². The Balaban J connectivity index is 1.44. The molecule has 0 aliphatic carbocycles. The summed E-state index contributed by atoms with van der Waals surface area (Å²) >= 11 is 5.10. The number of piperidine rings is 1. The highest BCUT2D eigenvalue weighted by Gasteiger charge is 2.38. The van der Waals surface area contributed by atoms with Gasteiger partial charge in [-0.15, -0.1) is 11.3 Å². The summed E-state index contributed by atoms with van der Waals surface area (Å²) in [6.45, 7) is 2.34. The van der Waals surface area contributed by atoms with Crippen molar-refractivity contribution in [1.82, 2.24) is 24.5 Å². The lowest BCUT2D eigenvalue weighted by Gasteiger charge is -2.37. The van der Waals surface area contributed by atoms with Crippen LogP contribution in [0.25, 0.3) is 27.7 Å². The number of aromatic nitrogens is 4. The van der Waals surface area contributed by atoms with Gasteiger partial charge in [0.2, 0.25) is 0 Å². The highest BCUT2D eigenvalue weighted by Crippen LogP contribution is 2.38. The zero-order chi connectivity index (χ0) is 26.4. The third-order valence-electron chi connectivity index (χ3n) is 7.19. The van der Waals surface area contributed by atoms with Crippen LogP contribution in [0.1, 0.15) is 46.7 Å². The van der Waals surface area contributed by atoms with Gasteiger partial charge in [0.05, 0.1) is 32.5 Å². The number of halogens is 1. The summed E-state index contributed by atoms with van der Waals surface area (Å²) in [5.41, 5.74) is 5.22. The number of carboxylic acid groups (broad SMARTS) is 1. The molecular weight excluding hydrogens is 566 g/mol. The van der Waals surface area contributed by atoms with Gasteiger partial charge in [0.25, 0.3) is 5.91 Å². The number of para-hydroxylation sites is 1. The maximum Gasteiger partial charge on any atom is 0.326 e. The lowest BCUT2D eigenvalue weighted by atomic mass is 9.89. The molecule has 0 bridgehead atoms. The van der Waals surface area contributed by atoms with Gasteiger partial charge in [-0.2, -0.15) is 5.10 Å². The second-order valence-corrected chi connectivity index (χ2v) is 11.1. The molecule has 1 saturated heterocycles. The van der Waals surface area contributed by atoms with E-state index < -0.39 is 12.0 Å². The smallest absolute Gasteiger partial charge is 0.326 e. The quantitative estimate of drug-likeness (QED) is 0.278. The van der Waals surface area contributed by atoms with Crippen molar-refractivity contribution in [2.45, 2.75) is 38.1 Å². The molecule has 10 heteroatoms. The van der Waals surface area contributed by atoms with Crippen LogP contribution in [0.4, 0.5) is 0 Å². The van der Waals surface area contributed by atoms with E-state index in [9.17, 15) is 14.7 Å². The molecule has 1 N–H and O–H groups in total. The molecule has 192 valence electrons. The first kappa shape index (κ1) is 24.7. The Morgan fingerprint density at radius 3 is 2.76 bits per heavy atom. The molecular formula is C28H24BrN5O3S. The van der Waals surface area contributed by atoms with Crippen LogP contribution < -0.4 is 0 Å². The summed E-state index contributed by atoms with van der Waals surface area (Å²) in [6.07, 6.45) is 5.34. The zero-order valence-corrected chi connectivity index (χ0v) is 22.9. The number of pyridine rings is 1. The number of rotatable bonds is 5. The van der Waals surface area contributed by atoms with E-state index in [0.29, 0.717) is 29.8 Å². The fourth-order valence-electron chi connectivity index (χ4n) is 5.27. The maximum absolute atomic E-state index is 13.3. The summed E-state index contributed by atoms with van der Waals surface area (Å²) in [7, 11) is 0. The standard InChI is InChI=1S/C28H24BrN5O3S/c1-2-21-24(29)25(17-9-10-22(28(36)37)33(15-17)27(35)23-8-5-11-38-23)32-26-19(14-31-34(21)26)18-12-16-6-3-4-7-20(16)30-13-18/h3-8,11-14,17,22H,2,9-10,15H2,1H3,(H,36,37). The van der Waals surface area contributed by atoms with Crippen molar-refractivity contribution in [2.75, 3.05) is 6.54 Å². The Kier molecular flexibility index (Phi) is 6.45. The summed E-state index contributed by atoms with van der Waals surface area (Å²) < 4.78 is 2.70. The minimum absolute atomic E-state index is 0.128. The van der Waals surface area contributed by atoms with Crippen molar-refractivity contribution >= 4 is 55.7 Å². The molecule has 2 atom stereocenters. The monoisotopic (exact) mass is 589 g/mol. The normalized spacial score (nSPS) is 17.8. The SMILES string of the molecule is CCc1c(Br)c(C2CCC(C(=O)O)N(C(=O)c3cccs3)C2)nc2c(-c3cnc4ccccc4c3)cnn12. The van der Waals surface area contributed by atoms with Crippen LogP contribution in [0.3, 0.4) is 0 Å². The van der Waals surface area contributed by atoms with Gasteiger partial charge in [0.15, 0.2) is 5.65 Å². The molecule has 5 aromatic rings. The molecule has 1 aromatic carbocycles. The molecule has 5 heterocycles. The Morgan fingerprint density at radius 1 is 1.16 bits per heavy atom. The number of thiophene rings is 1. The number of hydrogen-bond donors (Lipinski definition) is 1. The molecule has 6 rings (SSSR count). The zero-order valence-electron chi connectivity index (χ0n) is 20.5. The second kappa shape index (κ2) is 9.92. The van der Waals surface area contributed by atoms with E-state index in [2.05, 4.69) is 39.0 Å². The fourth-order valence-corrected chi connectivity index (χ4v) is 6.81. The first-order chi connectivity index (χ1) is 18.5. The number of amides is 1. The highest BCUT2D eigenvalue weighted by molar-refractivity contribution is 9.10. The number of aliphatic carboxylic acids is 1. The van der Waals surface area contributed by atoms with Gasteiger partial charge in [-0.3, -0.25) is 9.78 Å². The predicted molar refractivity (Wildman–Crippen MR) is 150 cm³/mol. The van der Waals surface area contributed by atoms with Crippen molar-refractivity contribution in [1.29, 1.82) is 0 Å². The summed E-state index contributed by atoms with van der Waals surface area (Å²) in [5.74, 6) is -1.36. The Bertz CT molecular complexity index is 1680. The third kappa shape index (κ3) is 4.17. The largest absolute Gasteiger partial charge is 0.480 e. The Hall–Kier alpha value is -3.63. The number of nitrogens with zero attached hydrogens (tertiary/aromatic N) is 5. The fraction of sp³-hybridized carbons (Fsp3) is 0.250. The molecule has 0 saturated carbocycles. The van der Waals surface area contributed by atoms with Crippen LogP contribution >= 0.6 is 27.3 Å². The van der Waals surface area contributed by atoms with Crippen molar-refractivity contribution in [2.24, 2.45) is 0 Å². The van der Waals surface area contributed by atoms with E-state index in [1.54, 1.807) is 12.1 Å². The number of benzene rings is 1. The molecule has 8 nitrogen and oxygen atoms in total. The molecule has 4 aromatic heterocycles. The van der Waals surface area contributed by atoms with E-state index in [4.69, 9.17) is 4.98 Å². The lowest BCUT2D eigenvalue weighted by Crippen LogP contribution is -2.50. The predicted octanol–water partition coefficient (Wildman–Crippen LogP) is 5.80. The summed E-state index contributed by atoms with van der Waals surface area (Å²) in [6, 6.07) is 12.7. The number of carboxylic acids is 1. The second-order valence-electron chi connectivity index (χ2n) is 9.38. The third-order valence-corrected chi connectivity index (χ3v) is 8.91. The van der Waals surface area contributed by atoms with Crippen LogP contribution in [-0.4, -0.2) is 54.1 Å². The van der Waals surface area contributed by atoms with E-state index in [-0.39, 0.29) is 18.4 Å². The lowest BCUT2D eigenvalue weighted by molar-refractivity contribution is -0.143. The first-order valence-electron chi connectivity index (χ1n) is 12.4. The van der Waals surface area contributed by atoms with Gasteiger partial charge in [-0.25, -0.2) is 14.3 Å². The van der Waals surface area contributed by atoms with Crippen molar-refractivity contribution in [3.63, 3.8) is 0 Å². The van der Waals surface area contributed by atoms with Gasteiger partial charge in [0, 0.05) is 35.2 Å². The number of aryl methyl sites for hydroxylation is 1. The van der Waals surface area contributed by atoms with Crippen LogP contribution in [0.5, 0.6) is 0 Å². The Morgan fingerprint density at radius 2 is 2.00 bits per heavy atom. The molecule has 38 heavy (non-hydrogen) atoms. The average molecular weight is 591 g/mol. The molecule has 1 aliphatic rings. The van der Waals surface area contributed by atoms with Gasteiger partial charge >= 0.3 is 5.97 Å². The summed E-state index contributed by atoms with van der Waals surface area (Å²) in [4.78, 5) is 37.1. The van der Waals surface area contributed by atoms with Gasteiger partial charge < -0.3 is 10.0 Å². The number of hydrogen-bond acceptors (Lipinski definition) is 6.